The average molecular weight is 172 g/mol. The lowest BCUT2D eigenvalue weighted by Crippen LogP contribution is -2.01. The van der Waals surface area contributed by atoms with Gasteiger partial charge in [-0.1, -0.05) is 6.07 Å². The third-order valence-electron chi connectivity index (χ3n) is 1.31. The van der Waals surface area contributed by atoms with E-state index in [4.69, 9.17) is 10.00 Å². The smallest absolute Gasteiger partial charge is 0.226 e. The van der Waals surface area contributed by atoms with Gasteiger partial charge in [-0.05, 0) is 18.2 Å². The molecule has 0 aromatic heterocycles. The van der Waals surface area contributed by atoms with Crippen molar-refractivity contribution in [2.24, 2.45) is 0 Å². The summed E-state index contributed by atoms with van der Waals surface area (Å²) in [5, 5.41) is 9.22. The van der Waals surface area contributed by atoms with Crippen LogP contribution in [-0.4, -0.2) is 16.7 Å². The number of hydrogen-bond donors (Lipinski definition) is 2. The van der Waals surface area contributed by atoms with Crippen LogP contribution in [-0.2, 0) is 4.57 Å². The summed E-state index contributed by atoms with van der Waals surface area (Å²) in [6.07, 6.45) is 0. The molecule has 3 nitrogen and oxygen atoms in total. The minimum absolute atomic E-state index is 0.0126. The Kier molecular flexibility index (Phi) is 2.03. The molecule has 4 heteroatoms. The van der Waals surface area contributed by atoms with Gasteiger partial charge in [0.2, 0.25) is 7.37 Å². The topological polar surface area (TPSA) is 57.5 Å². The Balaban J connectivity index is 3.17. The highest BCUT2D eigenvalue weighted by atomic mass is 31.2. The first-order valence-electron chi connectivity index (χ1n) is 3.10. The predicted octanol–water partition coefficient (Wildman–Crippen LogP) is 0.918. The van der Waals surface area contributed by atoms with Crippen LogP contribution in [0.25, 0.3) is 0 Å². The molecule has 0 saturated heterocycles. The summed E-state index contributed by atoms with van der Waals surface area (Å²) >= 11 is 0. The third-order valence-corrected chi connectivity index (χ3v) is 2.55. The van der Waals surface area contributed by atoms with Crippen molar-refractivity contribution in [3.63, 3.8) is 0 Å². The molecule has 0 aliphatic carbocycles. The molecule has 0 fully saturated rings. The fourth-order valence-corrected chi connectivity index (χ4v) is 1.49. The van der Waals surface area contributed by atoms with Gasteiger partial charge in [0.1, 0.15) is 5.75 Å². The molecule has 0 amide bonds. The van der Waals surface area contributed by atoms with Crippen molar-refractivity contribution >= 4 is 12.7 Å². The first kappa shape index (κ1) is 8.31. The summed E-state index contributed by atoms with van der Waals surface area (Å²) in [4.78, 5) is 9.06. The first-order chi connectivity index (χ1) is 5.00. The van der Waals surface area contributed by atoms with Gasteiger partial charge in [0.25, 0.3) is 0 Å². The molecular formula is C7H9O3P. The highest BCUT2D eigenvalue weighted by Crippen LogP contribution is 2.34. The molecule has 1 unspecified atom stereocenters. The second-order valence-electron chi connectivity index (χ2n) is 2.40. The normalized spacial score (nSPS) is 15.8. The molecule has 0 spiro atoms. The minimum Gasteiger partial charge on any atom is -0.508 e. The quantitative estimate of drug-likeness (QED) is 0.619. The van der Waals surface area contributed by atoms with E-state index in [1.165, 1.54) is 30.9 Å². The molecule has 1 rings (SSSR count). The molecule has 1 aromatic carbocycles. The monoisotopic (exact) mass is 172 g/mol. The summed E-state index contributed by atoms with van der Waals surface area (Å²) < 4.78 is 11.0. The van der Waals surface area contributed by atoms with Crippen LogP contribution in [0.1, 0.15) is 0 Å². The second kappa shape index (κ2) is 2.68. The average Bonchev–Trinajstić information content (AvgIpc) is 1.86. The van der Waals surface area contributed by atoms with Gasteiger partial charge >= 0.3 is 0 Å². The third kappa shape index (κ3) is 2.07. The van der Waals surface area contributed by atoms with Gasteiger partial charge in [0.05, 0.1) is 0 Å². The molecule has 1 atom stereocenters. The molecule has 0 heterocycles. The van der Waals surface area contributed by atoms with Crippen LogP contribution in [0.2, 0.25) is 0 Å². The van der Waals surface area contributed by atoms with Crippen LogP contribution in [0, 0.1) is 0 Å². The molecule has 0 bridgehead atoms. The predicted molar refractivity (Wildman–Crippen MR) is 43.5 cm³/mol. The van der Waals surface area contributed by atoms with Crippen LogP contribution >= 0.6 is 7.37 Å². The van der Waals surface area contributed by atoms with Crippen molar-refractivity contribution in [2.45, 2.75) is 0 Å². The lowest BCUT2D eigenvalue weighted by molar-refractivity contribution is 0.474. The van der Waals surface area contributed by atoms with E-state index in [0.717, 1.165) is 0 Å². The van der Waals surface area contributed by atoms with Crippen molar-refractivity contribution in [1.29, 1.82) is 0 Å². The van der Waals surface area contributed by atoms with Crippen LogP contribution in [0.5, 0.6) is 5.75 Å². The van der Waals surface area contributed by atoms with Gasteiger partial charge in [0, 0.05) is 12.0 Å². The highest BCUT2D eigenvalue weighted by Gasteiger charge is 2.12. The summed E-state index contributed by atoms with van der Waals surface area (Å²) in [6, 6.07) is 5.80. The molecule has 60 valence electrons. The van der Waals surface area contributed by atoms with Gasteiger partial charge in [-0.15, -0.1) is 0 Å². The van der Waals surface area contributed by atoms with Crippen molar-refractivity contribution in [1.82, 2.24) is 0 Å². The number of rotatable bonds is 1. The van der Waals surface area contributed by atoms with E-state index in [-0.39, 0.29) is 11.1 Å². The summed E-state index contributed by atoms with van der Waals surface area (Å²) in [7, 11) is -3.21. The molecule has 0 aliphatic heterocycles. The zero-order chi connectivity index (χ0) is 8.48. The fraction of sp³-hybridized carbons (Fsp3) is 0.143. The SMILES string of the molecule is CP(=O)(O)c1cccc(O)c1. The zero-order valence-electron chi connectivity index (χ0n) is 6.06. The van der Waals surface area contributed by atoms with Gasteiger partial charge in [-0.2, -0.15) is 0 Å². The molecule has 0 radical (unpaired) electrons. The largest absolute Gasteiger partial charge is 0.508 e. The molecule has 11 heavy (non-hydrogen) atoms. The Morgan fingerprint density at radius 3 is 2.45 bits per heavy atom. The van der Waals surface area contributed by atoms with E-state index in [1.54, 1.807) is 0 Å². The Labute approximate surface area is 64.8 Å². The Morgan fingerprint density at radius 2 is 2.09 bits per heavy atom. The van der Waals surface area contributed by atoms with Crippen molar-refractivity contribution in [3.8, 4) is 5.75 Å². The summed E-state index contributed by atoms with van der Waals surface area (Å²) in [5.41, 5.74) is 0. The maximum atomic E-state index is 11.0. The van der Waals surface area contributed by atoms with E-state index < -0.39 is 7.37 Å². The Hall–Kier alpha value is -0.790. The van der Waals surface area contributed by atoms with Crippen molar-refractivity contribution < 1.29 is 14.6 Å². The maximum Gasteiger partial charge on any atom is 0.226 e. The summed E-state index contributed by atoms with van der Waals surface area (Å²) in [6.45, 7) is 1.24. The standard InChI is InChI=1S/C7H9O3P/c1-11(9,10)7-4-2-3-6(8)5-7/h2-5,8H,1H3,(H,9,10). The van der Waals surface area contributed by atoms with Gasteiger partial charge in [-0.25, -0.2) is 0 Å². The zero-order valence-corrected chi connectivity index (χ0v) is 6.95. The molecular weight excluding hydrogens is 163 g/mol. The Morgan fingerprint density at radius 1 is 1.45 bits per heavy atom. The molecule has 2 N–H and O–H groups in total. The van der Waals surface area contributed by atoms with Crippen LogP contribution < -0.4 is 5.30 Å². The van der Waals surface area contributed by atoms with Gasteiger partial charge < -0.3 is 10.00 Å². The number of phenols is 1. The maximum absolute atomic E-state index is 11.0. The molecule has 1 aromatic rings. The Bertz CT molecular complexity index is 302. The van der Waals surface area contributed by atoms with E-state index in [1.807, 2.05) is 0 Å². The van der Waals surface area contributed by atoms with Crippen molar-refractivity contribution in [2.75, 3.05) is 6.66 Å². The molecule has 0 saturated carbocycles. The van der Waals surface area contributed by atoms with Crippen LogP contribution in [0.3, 0.4) is 0 Å². The van der Waals surface area contributed by atoms with Crippen molar-refractivity contribution in [3.05, 3.63) is 24.3 Å². The van der Waals surface area contributed by atoms with E-state index >= 15 is 0 Å². The van der Waals surface area contributed by atoms with Gasteiger partial charge in [-0.3, -0.25) is 4.57 Å². The number of benzene rings is 1. The number of aromatic hydroxyl groups is 1. The van der Waals surface area contributed by atoms with Crippen LogP contribution in [0.15, 0.2) is 24.3 Å². The number of phenolic OH excluding ortho intramolecular Hbond substituents is 1. The highest BCUT2D eigenvalue weighted by molar-refractivity contribution is 7.65. The lowest BCUT2D eigenvalue weighted by Gasteiger charge is -2.04. The molecule has 0 aliphatic rings. The fourth-order valence-electron chi connectivity index (χ4n) is 0.751. The van der Waals surface area contributed by atoms with E-state index in [2.05, 4.69) is 0 Å². The van der Waals surface area contributed by atoms with E-state index in [0.29, 0.717) is 0 Å². The number of hydrogen-bond acceptors (Lipinski definition) is 2. The van der Waals surface area contributed by atoms with E-state index in [9.17, 15) is 4.57 Å². The minimum atomic E-state index is -3.21. The summed E-state index contributed by atoms with van der Waals surface area (Å²) in [5.74, 6) is 0.0126. The van der Waals surface area contributed by atoms with Gasteiger partial charge in [0.15, 0.2) is 0 Å². The van der Waals surface area contributed by atoms with Crippen LogP contribution in [0.4, 0.5) is 0 Å². The lowest BCUT2D eigenvalue weighted by atomic mass is 10.3. The first-order valence-corrected chi connectivity index (χ1v) is 5.21. The second-order valence-corrected chi connectivity index (χ2v) is 4.67.